The first kappa shape index (κ1) is 12.4. The molecule has 0 saturated carbocycles. The Morgan fingerprint density at radius 1 is 1.27 bits per heavy atom. The fraction of sp³-hybridized carbons (Fsp3) is 0.455. The highest BCUT2D eigenvalue weighted by Crippen LogP contribution is 2.37. The van der Waals surface area contributed by atoms with Crippen LogP contribution in [0.3, 0.4) is 0 Å². The van der Waals surface area contributed by atoms with Gasteiger partial charge in [0, 0.05) is 5.25 Å². The quantitative estimate of drug-likeness (QED) is 0.732. The van der Waals surface area contributed by atoms with Gasteiger partial charge in [-0.3, -0.25) is 0 Å². The van der Waals surface area contributed by atoms with Crippen molar-refractivity contribution in [2.24, 2.45) is 0 Å². The Morgan fingerprint density at radius 2 is 1.87 bits per heavy atom. The van der Waals surface area contributed by atoms with E-state index in [9.17, 15) is 13.2 Å². The second kappa shape index (κ2) is 4.92. The topological polar surface area (TPSA) is 0 Å². The molecule has 0 saturated heterocycles. The van der Waals surface area contributed by atoms with Gasteiger partial charge < -0.3 is 0 Å². The van der Waals surface area contributed by atoms with Crippen molar-refractivity contribution < 1.29 is 13.2 Å². The third kappa shape index (κ3) is 3.16. The summed E-state index contributed by atoms with van der Waals surface area (Å²) in [6.45, 7) is 1.93. The zero-order chi connectivity index (χ0) is 11.5. The Labute approximate surface area is 92.9 Å². The maximum absolute atomic E-state index is 12.6. The average Bonchev–Trinajstić information content (AvgIpc) is 2.17. The van der Waals surface area contributed by atoms with Crippen LogP contribution in [0.1, 0.15) is 36.1 Å². The highest BCUT2D eigenvalue weighted by molar-refractivity contribution is 7.80. The van der Waals surface area contributed by atoms with Gasteiger partial charge in [0.25, 0.3) is 0 Å². The summed E-state index contributed by atoms with van der Waals surface area (Å²) in [7, 11) is 0. The van der Waals surface area contributed by atoms with Gasteiger partial charge in [0.05, 0.1) is 5.56 Å². The van der Waals surface area contributed by atoms with Gasteiger partial charge in [0.2, 0.25) is 0 Å². The van der Waals surface area contributed by atoms with Crippen LogP contribution in [-0.2, 0) is 6.18 Å². The van der Waals surface area contributed by atoms with Crippen molar-refractivity contribution in [3.8, 4) is 0 Å². The van der Waals surface area contributed by atoms with Gasteiger partial charge in [-0.05, 0) is 18.1 Å². The van der Waals surface area contributed by atoms with Crippen LogP contribution in [0.2, 0.25) is 0 Å². The van der Waals surface area contributed by atoms with Gasteiger partial charge >= 0.3 is 6.18 Å². The molecular weight excluding hydrogens is 221 g/mol. The van der Waals surface area contributed by atoms with E-state index in [2.05, 4.69) is 12.6 Å². The molecule has 0 aliphatic carbocycles. The molecule has 0 N–H and O–H groups in total. The van der Waals surface area contributed by atoms with Crippen molar-refractivity contribution in [3.05, 3.63) is 35.4 Å². The number of halogens is 3. The summed E-state index contributed by atoms with van der Waals surface area (Å²) in [5, 5.41) is -0.340. The lowest BCUT2D eigenvalue weighted by Crippen LogP contribution is -2.10. The van der Waals surface area contributed by atoms with E-state index in [1.54, 1.807) is 6.07 Å². The lowest BCUT2D eigenvalue weighted by Gasteiger charge is -2.16. The molecule has 0 aliphatic rings. The van der Waals surface area contributed by atoms with Crippen molar-refractivity contribution >= 4 is 12.6 Å². The lowest BCUT2D eigenvalue weighted by atomic mass is 10.0. The van der Waals surface area contributed by atoms with Crippen molar-refractivity contribution in [3.63, 3.8) is 0 Å². The van der Waals surface area contributed by atoms with Crippen molar-refractivity contribution in [1.29, 1.82) is 0 Å². The minimum atomic E-state index is -4.29. The maximum atomic E-state index is 12.6. The summed E-state index contributed by atoms with van der Waals surface area (Å²) < 4.78 is 37.8. The van der Waals surface area contributed by atoms with E-state index in [1.165, 1.54) is 12.1 Å². The lowest BCUT2D eigenvalue weighted by molar-refractivity contribution is -0.138. The highest BCUT2D eigenvalue weighted by atomic mass is 32.1. The Morgan fingerprint density at radius 3 is 2.40 bits per heavy atom. The molecule has 0 radical (unpaired) electrons. The molecule has 1 aromatic rings. The standard InChI is InChI=1S/C11H13F3S/c1-2-5-10(15)8-6-3-4-7-9(8)11(12,13)14/h3-4,6-7,10,15H,2,5H2,1H3. The Bertz CT molecular complexity index is 320. The first-order valence-electron chi connectivity index (χ1n) is 4.81. The molecule has 1 atom stereocenters. The van der Waals surface area contributed by atoms with Crippen LogP contribution in [0.25, 0.3) is 0 Å². The Balaban J connectivity index is 3.06. The molecule has 0 amide bonds. The van der Waals surface area contributed by atoms with Gasteiger partial charge in [0.1, 0.15) is 0 Å². The second-order valence-electron chi connectivity index (χ2n) is 3.39. The Kier molecular flexibility index (Phi) is 4.08. The van der Waals surface area contributed by atoms with E-state index in [1.807, 2.05) is 6.92 Å². The average molecular weight is 234 g/mol. The monoisotopic (exact) mass is 234 g/mol. The second-order valence-corrected chi connectivity index (χ2v) is 4.01. The van der Waals surface area contributed by atoms with Crippen LogP contribution in [0.4, 0.5) is 13.2 Å². The molecule has 0 fully saturated rings. The fourth-order valence-electron chi connectivity index (χ4n) is 1.47. The molecule has 0 aromatic heterocycles. The summed E-state index contributed by atoms with van der Waals surface area (Å²) in [5.74, 6) is 0. The largest absolute Gasteiger partial charge is 0.416 e. The molecule has 1 aromatic carbocycles. The zero-order valence-electron chi connectivity index (χ0n) is 8.38. The van der Waals surface area contributed by atoms with E-state index in [4.69, 9.17) is 0 Å². The maximum Gasteiger partial charge on any atom is 0.416 e. The number of rotatable bonds is 3. The minimum Gasteiger partial charge on any atom is -0.171 e. The highest BCUT2D eigenvalue weighted by Gasteiger charge is 2.33. The minimum absolute atomic E-state index is 0.273. The summed E-state index contributed by atoms with van der Waals surface area (Å²) in [6.07, 6.45) is -2.82. The first-order chi connectivity index (χ1) is 6.96. The summed E-state index contributed by atoms with van der Waals surface area (Å²) >= 11 is 4.20. The van der Waals surface area contributed by atoms with E-state index in [0.717, 1.165) is 12.5 Å². The molecule has 0 nitrogen and oxygen atoms in total. The zero-order valence-corrected chi connectivity index (χ0v) is 9.28. The molecule has 4 heteroatoms. The van der Waals surface area contributed by atoms with E-state index in [-0.39, 0.29) is 10.8 Å². The van der Waals surface area contributed by atoms with Crippen LogP contribution in [0.5, 0.6) is 0 Å². The molecule has 0 bridgehead atoms. The fourth-order valence-corrected chi connectivity index (χ4v) is 1.96. The van der Waals surface area contributed by atoms with E-state index < -0.39 is 11.7 Å². The first-order valence-corrected chi connectivity index (χ1v) is 5.32. The number of hydrogen-bond acceptors (Lipinski definition) is 1. The summed E-state index contributed by atoms with van der Waals surface area (Å²) in [4.78, 5) is 0. The van der Waals surface area contributed by atoms with Crippen LogP contribution in [0.15, 0.2) is 24.3 Å². The van der Waals surface area contributed by atoms with Crippen molar-refractivity contribution in [1.82, 2.24) is 0 Å². The normalized spacial score (nSPS) is 13.9. The number of hydrogen-bond donors (Lipinski definition) is 1. The number of thiol groups is 1. The Hall–Kier alpha value is -0.640. The van der Waals surface area contributed by atoms with Gasteiger partial charge in [-0.25, -0.2) is 0 Å². The van der Waals surface area contributed by atoms with Crippen LogP contribution < -0.4 is 0 Å². The third-order valence-corrected chi connectivity index (χ3v) is 2.72. The van der Waals surface area contributed by atoms with Gasteiger partial charge in [0.15, 0.2) is 0 Å². The van der Waals surface area contributed by atoms with Crippen LogP contribution in [-0.4, -0.2) is 0 Å². The van der Waals surface area contributed by atoms with Gasteiger partial charge in [-0.1, -0.05) is 31.5 Å². The SMILES string of the molecule is CCCC(S)c1ccccc1C(F)(F)F. The smallest absolute Gasteiger partial charge is 0.171 e. The third-order valence-electron chi connectivity index (χ3n) is 2.19. The molecule has 0 heterocycles. The van der Waals surface area contributed by atoms with Gasteiger partial charge in [-0.2, -0.15) is 25.8 Å². The predicted octanol–water partition coefficient (Wildman–Crippen LogP) is 4.48. The van der Waals surface area contributed by atoms with Crippen molar-refractivity contribution in [2.45, 2.75) is 31.2 Å². The molecule has 0 spiro atoms. The summed E-state index contributed by atoms with van der Waals surface area (Å²) in [5.41, 5.74) is -0.298. The van der Waals surface area contributed by atoms with Gasteiger partial charge in [-0.15, -0.1) is 0 Å². The van der Waals surface area contributed by atoms with Crippen LogP contribution in [0, 0.1) is 0 Å². The molecule has 15 heavy (non-hydrogen) atoms. The molecule has 1 rings (SSSR count). The summed E-state index contributed by atoms with van der Waals surface area (Å²) in [6, 6.07) is 5.62. The molecular formula is C11H13F3S. The molecule has 84 valence electrons. The number of alkyl halides is 3. The van der Waals surface area contributed by atoms with Crippen molar-refractivity contribution in [2.75, 3.05) is 0 Å². The van der Waals surface area contributed by atoms with E-state index >= 15 is 0 Å². The number of benzene rings is 1. The van der Waals surface area contributed by atoms with E-state index in [0.29, 0.717) is 6.42 Å². The van der Waals surface area contributed by atoms with Crippen LogP contribution >= 0.6 is 12.6 Å². The predicted molar refractivity (Wildman–Crippen MR) is 58.1 cm³/mol. The molecule has 0 aliphatic heterocycles. The molecule has 1 unspecified atom stereocenters.